The molecule has 2 aliphatic rings. The first-order valence-corrected chi connectivity index (χ1v) is 9.63. The molecule has 5 nitrogen and oxygen atoms in total. The van der Waals surface area contributed by atoms with E-state index in [2.05, 4.69) is 16.0 Å². The zero-order valence-corrected chi connectivity index (χ0v) is 16.9. The molecule has 0 radical (unpaired) electrons. The number of amides is 2. The van der Waals surface area contributed by atoms with Gasteiger partial charge in [0, 0.05) is 17.3 Å². The second kappa shape index (κ2) is 8.52. The normalized spacial score (nSPS) is 19.4. The summed E-state index contributed by atoms with van der Waals surface area (Å²) in [5, 5.41) is 9.48. The maximum atomic E-state index is 12.6. The van der Waals surface area contributed by atoms with Gasteiger partial charge in [0.25, 0.3) is 5.91 Å². The van der Waals surface area contributed by atoms with E-state index < -0.39 is 0 Å². The van der Waals surface area contributed by atoms with E-state index in [1.807, 2.05) is 30.3 Å². The van der Waals surface area contributed by atoms with Crippen LogP contribution in [-0.4, -0.2) is 24.9 Å². The van der Waals surface area contributed by atoms with E-state index in [1.165, 1.54) is 0 Å². The highest BCUT2D eigenvalue weighted by Gasteiger charge is 2.57. The summed E-state index contributed by atoms with van der Waals surface area (Å²) in [6, 6.07) is 14.2. The van der Waals surface area contributed by atoms with Crippen molar-refractivity contribution in [3.05, 3.63) is 59.1 Å². The minimum Gasteiger partial charge on any atom is -0.326 e. The van der Waals surface area contributed by atoms with Gasteiger partial charge in [-0.2, -0.15) is 0 Å². The van der Waals surface area contributed by atoms with Crippen LogP contribution in [0.1, 0.15) is 29.6 Å². The Morgan fingerprint density at radius 1 is 1.00 bits per heavy atom. The summed E-state index contributed by atoms with van der Waals surface area (Å²) in [5.41, 5.74) is 1.80. The number of piperidine rings is 1. The summed E-state index contributed by atoms with van der Waals surface area (Å²) in [6.07, 6.45) is 3.06. The predicted octanol–water partition coefficient (Wildman–Crippen LogP) is 4.34. The largest absolute Gasteiger partial charge is 0.326 e. The van der Waals surface area contributed by atoms with Crippen molar-refractivity contribution in [1.29, 1.82) is 0 Å². The molecule has 0 aromatic heterocycles. The number of carbonyl (C=O) groups excluding carboxylic acids is 2. The molecule has 7 heteroatoms. The van der Waals surface area contributed by atoms with Crippen LogP contribution in [0.25, 0.3) is 0 Å². The van der Waals surface area contributed by atoms with Crippen LogP contribution in [0.15, 0.2) is 48.5 Å². The lowest BCUT2D eigenvalue weighted by Crippen LogP contribution is -2.31. The quantitative estimate of drug-likeness (QED) is 0.689. The Kier molecular flexibility index (Phi) is 6.28. The highest BCUT2D eigenvalue weighted by molar-refractivity contribution is 6.34. The lowest BCUT2D eigenvalue weighted by Gasteiger charge is -2.23. The lowest BCUT2D eigenvalue weighted by atomic mass is 9.92. The van der Waals surface area contributed by atoms with Gasteiger partial charge in [0.2, 0.25) is 5.91 Å². The Hall–Kier alpha value is -2.08. The third-order valence-electron chi connectivity index (χ3n) is 5.62. The molecule has 1 spiro atoms. The third kappa shape index (κ3) is 4.32. The molecule has 2 fully saturated rings. The van der Waals surface area contributed by atoms with Crippen molar-refractivity contribution >= 4 is 47.2 Å². The van der Waals surface area contributed by atoms with Gasteiger partial charge in [0.1, 0.15) is 0 Å². The topological polar surface area (TPSA) is 70.2 Å². The Morgan fingerprint density at radius 2 is 1.71 bits per heavy atom. The van der Waals surface area contributed by atoms with Crippen molar-refractivity contribution in [2.75, 3.05) is 23.7 Å². The second-order valence-electron chi connectivity index (χ2n) is 7.37. The summed E-state index contributed by atoms with van der Waals surface area (Å²) >= 11 is 6.20. The van der Waals surface area contributed by atoms with E-state index in [4.69, 9.17) is 11.6 Å². The van der Waals surface area contributed by atoms with Crippen molar-refractivity contribution in [2.45, 2.75) is 19.3 Å². The molecular formula is C21H23Cl2N3O2. The number of anilines is 2. The van der Waals surface area contributed by atoms with Crippen LogP contribution in [0.3, 0.4) is 0 Å². The maximum Gasteiger partial charge on any atom is 0.257 e. The Labute approximate surface area is 175 Å². The fraction of sp³-hybridized carbons (Fsp3) is 0.333. The van der Waals surface area contributed by atoms with E-state index in [9.17, 15) is 9.59 Å². The van der Waals surface area contributed by atoms with Crippen LogP contribution in [0.5, 0.6) is 0 Å². The molecule has 28 heavy (non-hydrogen) atoms. The Balaban J connectivity index is 0.00000225. The van der Waals surface area contributed by atoms with Crippen molar-refractivity contribution in [1.82, 2.24) is 5.32 Å². The van der Waals surface area contributed by atoms with Crippen molar-refractivity contribution in [3.8, 4) is 0 Å². The van der Waals surface area contributed by atoms with Gasteiger partial charge >= 0.3 is 0 Å². The molecule has 4 rings (SSSR count). The number of carbonyl (C=O) groups is 2. The zero-order valence-electron chi connectivity index (χ0n) is 15.3. The van der Waals surface area contributed by atoms with E-state index in [0.717, 1.165) is 32.4 Å². The Morgan fingerprint density at radius 3 is 2.43 bits per heavy atom. The second-order valence-corrected chi connectivity index (χ2v) is 7.78. The van der Waals surface area contributed by atoms with Gasteiger partial charge in [0.15, 0.2) is 0 Å². The van der Waals surface area contributed by atoms with Crippen molar-refractivity contribution in [3.63, 3.8) is 0 Å². The van der Waals surface area contributed by atoms with Crippen LogP contribution in [0, 0.1) is 11.3 Å². The minimum absolute atomic E-state index is 0. The van der Waals surface area contributed by atoms with Crippen LogP contribution >= 0.6 is 24.0 Å². The fourth-order valence-electron chi connectivity index (χ4n) is 3.92. The summed E-state index contributed by atoms with van der Waals surface area (Å²) in [7, 11) is 0. The standard InChI is InChI=1S/C21H22ClN3O2.ClH/c22-18-7-6-15(12-16(18)19(26)24-14-4-2-1-3-5-14)25-20(27)17-13-21(17)8-10-23-11-9-21;/h1-7,12,17,23H,8-11,13H2,(H,24,26)(H,25,27);1H. The van der Waals surface area contributed by atoms with Crippen LogP contribution < -0.4 is 16.0 Å². The first-order chi connectivity index (χ1) is 13.1. The molecule has 2 amide bonds. The summed E-state index contributed by atoms with van der Waals surface area (Å²) in [4.78, 5) is 25.2. The molecule has 0 bridgehead atoms. The summed E-state index contributed by atoms with van der Waals surface area (Å²) < 4.78 is 0. The van der Waals surface area contributed by atoms with E-state index in [1.54, 1.807) is 18.2 Å². The molecule has 1 saturated carbocycles. The SMILES string of the molecule is Cl.O=C(Nc1ccccc1)c1cc(NC(=O)C2CC23CCNCC3)ccc1Cl. The molecule has 1 aliphatic heterocycles. The number of rotatable bonds is 4. The summed E-state index contributed by atoms with van der Waals surface area (Å²) in [5.74, 6) is -0.200. The molecule has 1 atom stereocenters. The van der Waals surface area contributed by atoms with Gasteiger partial charge in [-0.15, -0.1) is 12.4 Å². The monoisotopic (exact) mass is 419 g/mol. The molecule has 3 N–H and O–H groups in total. The summed E-state index contributed by atoms with van der Waals surface area (Å²) in [6.45, 7) is 1.96. The number of hydrogen-bond acceptors (Lipinski definition) is 3. The number of hydrogen-bond donors (Lipinski definition) is 3. The minimum atomic E-state index is -0.302. The zero-order chi connectivity index (χ0) is 18.9. The average molecular weight is 420 g/mol. The first kappa shape index (κ1) is 20.6. The third-order valence-corrected chi connectivity index (χ3v) is 5.95. The van der Waals surface area contributed by atoms with Gasteiger partial charge in [-0.25, -0.2) is 0 Å². The van der Waals surface area contributed by atoms with Gasteiger partial charge in [-0.3, -0.25) is 9.59 Å². The Bertz CT molecular complexity index is 867. The van der Waals surface area contributed by atoms with Gasteiger partial charge in [-0.05, 0) is 68.1 Å². The van der Waals surface area contributed by atoms with E-state index in [-0.39, 0.29) is 35.6 Å². The number of halogens is 2. The number of nitrogens with one attached hydrogen (secondary N) is 3. The first-order valence-electron chi connectivity index (χ1n) is 9.25. The molecule has 2 aromatic rings. The molecular weight excluding hydrogens is 397 g/mol. The molecule has 148 valence electrons. The molecule has 1 heterocycles. The van der Waals surface area contributed by atoms with Crippen molar-refractivity contribution in [2.24, 2.45) is 11.3 Å². The molecule has 1 aliphatic carbocycles. The van der Waals surface area contributed by atoms with E-state index in [0.29, 0.717) is 22.0 Å². The molecule has 2 aromatic carbocycles. The van der Waals surface area contributed by atoms with Crippen LogP contribution in [0.2, 0.25) is 5.02 Å². The number of benzene rings is 2. The number of para-hydroxylation sites is 1. The highest BCUT2D eigenvalue weighted by atomic mass is 35.5. The fourth-order valence-corrected chi connectivity index (χ4v) is 4.13. The van der Waals surface area contributed by atoms with Gasteiger partial charge < -0.3 is 16.0 Å². The van der Waals surface area contributed by atoms with Crippen LogP contribution in [0.4, 0.5) is 11.4 Å². The molecule has 1 saturated heterocycles. The average Bonchev–Trinajstić information content (AvgIpc) is 3.37. The van der Waals surface area contributed by atoms with Crippen molar-refractivity contribution < 1.29 is 9.59 Å². The predicted molar refractivity (Wildman–Crippen MR) is 114 cm³/mol. The maximum absolute atomic E-state index is 12.6. The van der Waals surface area contributed by atoms with Gasteiger partial charge in [-0.1, -0.05) is 29.8 Å². The van der Waals surface area contributed by atoms with Gasteiger partial charge in [0.05, 0.1) is 10.6 Å². The smallest absolute Gasteiger partial charge is 0.257 e. The highest BCUT2D eigenvalue weighted by Crippen LogP contribution is 2.58. The lowest BCUT2D eigenvalue weighted by molar-refractivity contribution is -0.118. The molecule has 1 unspecified atom stereocenters. The van der Waals surface area contributed by atoms with E-state index >= 15 is 0 Å². The van der Waals surface area contributed by atoms with Crippen LogP contribution in [-0.2, 0) is 4.79 Å².